The van der Waals surface area contributed by atoms with Crippen molar-refractivity contribution < 1.29 is 9.53 Å². The second-order valence-electron chi connectivity index (χ2n) is 6.34. The van der Waals surface area contributed by atoms with Crippen molar-refractivity contribution in [3.8, 4) is 5.75 Å². The van der Waals surface area contributed by atoms with E-state index in [1.807, 2.05) is 50.2 Å². The second kappa shape index (κ2) is 9.15. The van der Waals surface area contributed by atoms with E-state index < -0.39 is 0 Å². The summed E-state index contributed by atoms with van der Waals surface area (Å²) in [6, 6.07) is 14.9. The molecule has 0 bridgehead atoms. The lowest BCUT2D eigenvalue weighted by Gasteiger charge is -2.13. The first kappa shape index (κ1) is 19.6. The van der Waals surface area contributed by atoms with Crippen LogP contribution in [0.4, 0.5) is 0 Å². The minimum absolute atomic E-state index is 0.305. The van der Waals surface area contributed by atoms with Crippen LogP contribution in [0.25, 0.3) is 0 Å². The molecule has 2 aromatic carbocycles. The lowest BCUT2D eigenvalue weighted by Crippen LogP contribution is -2.17. The van der Waals surface area contributed by atoms with Crippen molar-refractivity contribution in [3.63, 3.8) is 0 Å². The smallest absolute Gasteiger partial charge is 0.272 e. The van der Waals surface area contributed by atoms with Gasteiger partial charge in [0.05, 0.1) is 11.8 Å². The topological polar surface area (TPSA) is 63.6 Å². The van der Waals surface area contributed by atoms with Crippen molar-refractivity contribution in [1.29, 1.82) is 0 Å². The van der Waals surface area contributed by atoms with Crippen molar-refractivity contribution in [1.82, 2.24) is 10.4 Å². The van der Waals surface area contributed by atoms with E-state index in [1.165, 1.54) is 6.20 Å². The zero-order valence-corrected chi connectivity index (χ0v) is 16.4. The van der Waals surface area contributed by atoms with Crippen LogP contribution < -0.4 is 10.2 Å². The number of pyridine rings is 1. The molecule has 3 rings (SSSR count). The molecule has 0 saturated carbocycles. The predicted molar refractivity (Wildman–Crippen MR) is 111 cm³/mol. The Balaban J connectivity index is 1.64. The quantitative estimate of drug-likeness (QED) is 0.488. The lowest BCUT2D eigenvalue weighted by molar-refractivity contribution is 0.0955. The van der Waals surface area contributed by atoms with Crippen LogP contribution in [0.15, 0.2) is 66.0 Å². The maximum Gasteiger partial charge on any atom is 0.272 e. The number of ether oxygens (including phenoxy) is 1. The van der Waals surface area contributed by atoms with Crippen molar-refractivity contribution in [2.45, 2.75) is 20.5 Å². The number of carbonyl (C=O) groups excluding carboxylic acids is 1. The standard InChI is InChI=1S/C22H20ClN3O2/c1-15-10-18(12-25-26-22(27)19-4-3-9-24-13-19)11-16(2)21(15)28-14-17-5-7-20(23)8-6-17/h3-13H,14H2,1-2H3,(H,26,27)/b25-12-. The molecule has 1 heterocycles. The highest BCUT2D eigenvalue weighted by Crippen LogP contribution is 2.25. The number of hydrogen-bond acceptors (Lipinski definition) is 4. The van der Waals surface area contributed by atoms with E-state index in [9.17, 15) is 4.79 Å². The van der Waals surface area contributed by atoms with Gasteiger partial charge in [-0.25, -0.2) is 5.43 Å². The molecular weight excluding hydrogens is 374 g/mol. The minimum atomic E-state index is -0.305. The molecule has 0 aliphatic heterocycles. The summed E-state index contributed by atoms with van der Waals surface area (Å²) in [5, 5.41) is 4.73. The van der Waals surface area contributed by atoms with E-state index in [2.05, 4.69) is 15.5 Å². The van der Waals surface area contributed by atoms with Gasteiger partial charge in [-0.3, -0.25) is 9.78 Å². The van der Waals surface area contributed by atoms with Gasteiger partial charge in [-0.15, -0.1) is 0 Å². The summed E-state index contributed by atoms with van der Waals surface area (Å²) in [6.07, 6.45) is 4.71. The van der Waals surface area contributed by atoms with Gasteiger partial charge in [-0.1, -0.05) is 23.7 Å². The summed E-state index contributed by atoms with van der Waals surface area (Å²) in [5.41, 5.74) is 6.87. The van der Waals surface area contributed by atoms with E-state index in [-0.39, 0.29) is 5.91 Å². The highest BCUT2D eigenvalue weighted by atomic mass is 35.5. The molecule has 0 saturated heterocycles. The lowest BCUT2D eigenvalue weighted by atomic mass is 10.1. The molecule has 1 N–H and O–H groups in total. The number of aryl methyl sites for hydroxylation is 2. The third kappa shape index (κ3) is 5.18. The first-order valence-corrected chi connectivity index (χ1v) is 9.12. The zero-order valence-electron chi connectivity index (χ0n) is 15.6. The third-order valence-electron chi connectivity index (χ3n) is 4.08. The number of hydrazone groups is 1. The molecule has 0 aliphatic carbocycles. The predicted octanol–water partition coefficient (Wildman–Crippen LogP) is 4.69. The van der Waals surface area contributed by atoms with Gasteiger partial charge in [-0.2, -0.15) is 5.10 Å². The Morgan fingerprint density at radius 1 is 1.18 bits per heavy atom. The van der Waals surface area contributed by atoms with Crippen LogP contribution >= 0.6 is 11.6 Å². The number of halogens is 1. The Hall–Kier alpha value is -3.18. The summed E-state index contributed by atoms with van der Waals surface area (Å²) in [6.45, 7) is 4.43. The number of carbonyl (C=O) groups is 1. The van der Waals surface area contributed by atoms with Crippen LogP contribution in [0.2, 0.25) is 5.02 Å². The Kier molecular flexibility index (Phi) is 6.40. The summed E-state index contributed by atoms with van der Waals surface area (Å²) < 4.78 is 5.98. The number of nitrogens with one attached hydrogen (secondary N) is 1. The van der Waals surface area contributed by atoms with Gasteiger partial charge < -0.3 is 4.74 Å². The fourth-order valence-electron chi connectivity index (χ4n) is 2.75. The minimum Gasteiger partial charge on any atom is -0.488 e. The Morgan fingerprint density at radius 3 is 2.54 bits per heavy atom. The van der Waals surface area contributed by atoms with Gasteiger partial charge in [-0.05, 0) is 72.5 Å². The summed E-state index contributed by atoms with van der Waals surface area (Å²) in [4.78, 5) is 15.9. The maximum absolute atomic E-state index is 12.0. The monoisotopic (exact) mass is 393 g/mol. The molecular formula is C22H20ClN3O2. The van der Waals surface area contributed by atoms with E-state index in [4.69, 9.17) is 16.3 Å². The molecule has 1 aromatic heterocycles. The molecule has 1 amide bonds. The molecule has 0 radical (unpaired) electrons. The Bertz CT molecular complexity index is 963. The van der Waals surface area contributed by atoms with Crippen LogP contribution in [0.5, 0.6) is 5.75 Å². The Morgan fingerprint density at radius 2 is 1.89 bits per heavy atom. The second-order valence-corrected chi connectivity index (χ2v) is 6.78. The van der Waals surface area contributed by atoms with E-state index in [0.717, 1.165) is 28.0 Å². The highest BCUT2D eigenvalue weighted by Gasteiger charge is 2.07. The molecule has 0 fully saturated rings. The number of aromatic nitrogens is 1. The number of hydrogen-bond donors (Lipinski definition) is 1. The van der Waals surface area contributed by atoms with Gasteiger partial charge in [0.15, 0.2) is 0 Å². The van der Waals surface area contributed by atoms with E-state index in [1.54, 1.807) is 24.5 Å². The summed E-state index contributed by atoms with van der Waals surface area (Å²) in [5.74, 6) is 0.534. The van der Waals surface area contributed by atoms with Gasteiger partial charge >= 0.3 is 0 Å². The molecule has 5 nitrogen and oxygen atoms in total. The normalized spacial score (nSPS) is 10.8. The van der Waals surface area contributed by atoms with Crippen LogP contribution in [-0.2, 0) is 6.61 Å². The van der Waals surface area contributed by atoms with Crippen LogP contribution in [-0.4, -0.2) is 17.1 Å². The van der Waals surface area contributed by atoms with Gasteiger partial charge in [0.1, 0.15) is 12.4 Å². The number of rotatable bonds is 6. The fraction of sp³-hybridized carbons (Fsp3) is 0.136. The van der Waals surface area contributed by atoms with Crippen molar-refractivity contribution in [3.05, 3.63) is 93.8 Å². The fourth-order valence-corrected chi connectivity index (χ4v) is 2.88. The van der Waals surface area contributed by atoms with Gasteiger partial charge in [0.25, 0.3) is 5.91 Å². The number of amides is 1. The number of nitrogens with zero attached hydrogens (tertiary/aromatic N) is 2. The molecule has 6 heteroatoms. The molecule has 142 valence electrons. The van der Waals surface area contributed by atoms with Crippen LogP contribution in [0, 0.1) is 13.8 Å². The summed E-state index contributed by atoms with van der Waals surface area (Å²) in [7, 11) is 0. The van der Waals surface area contributed by atoms with Crippen LogP contribution in [0.3, 0.4) is 0 Å². The van der Waals surface area contributed by atoms with Crippen LogP contribution in [0.1, 0.15) is 32.6 Å². The largest absolute Gasteiger partial charge is 0.488 e. The third-order valence-corrected chi connectivity index (χ3v) is 4.33. The first-order valence-electron chi connectivity index (χ1n) is 8.75. The number of benzene rings is 2. The first-order chi connectivity index (χ1) is 13.5. The molecule has 0 unspecified atom stereocenters. The maximum atomic E-state index is 12.0. The highest BCUT2D eigenvalue weighted by molar-refractivity contribution is 6.30. The summed E-state index contributed by atoms with van der Waals surface area (Å²) >= 11 is 5.91. The van der Waals surface area contributed by atoms with Gasteiger partial charge in [0, 0.05) is 17.4 Å². The van der Waals surface area contributed by atoms with Gasteiger partial charge in [0.2, 0.25) is 0 Å². The molecule has 0 spiro atoms. The Labute approximate surface area is 169 Å². The molecule has 3 aromatic rings. The van der Waals surface area contributed by atoms with Crippen molar-refractivity contribution in [2.75, 3.05) is 0 Å². The average Bonchev–Trinajstić information content (AvgIpc) is 2.69. The zero-order chi connectivity index (χ0) is 19.9. The molecule has 0 atom stereocenters. The van der Waals surface area contributed by atoms with E-state index in [0.29, 0.717) is 17.2 Å². The van der Waals surface area contributed by atoms with Crippen molar-refractivity contribution >= 4 is 23.7 Å². The SMILES string of the molecule is Cc1cc(/C=N\NC(=O)c2cccnc2)cc(C)c1OCc1ccc(Cl)cc1. The molecule has 0 aliphatic rings. The average molecular weight is 394 g/mol. The van der Waals surface area contributed by atoms with E-state index >= 15 is 0 Å². The van der Waals surface area contributed by atoms with Crippen molar-refractivity contribution in [2.24, 2.45) is 5.10 Å². The molecule has 28 heavy (non-hydrogen) atoms.